The zero-order chi connectivity index (χ0) is 23.2. The van der Waals surface area contributed by atoms with Crippen LogP contribution in [-0.2, 0) is 20.7 Å². The summed E-state index contributed by atoms with van der Waals surface area (Å²) in [6.07, 6.45) is -0.548. The van der Waals surface area contributed by atoms with Gasteiger partial charge in [0.25, 0.3) is 5.91 Å². The molecule has 0 saturated carbocycles. The van der Waals surface area contributed by atoms with Gasteiger partial charge in [0, 0.05) is 12.1 Å². The number of nitrogens with zero attached hydrogens (tertiary/aromatic N) is 1. The van der Waals surface area contributed by atoms with Crippen LogP contribution in [0.15, 0.2) is 36.4 Å². The monoisotopic (exact) mass is 467 g/mol. The molecule has 1 aromatic carbocycles. The molecule has 10 heteroatoms. The molecule has 0 bridgehead atoms. The molecule has 166 valence electrons. The topological polar surface area (TPSA) is 107 Å². The average Bonchev–Trinajstić information content (AvgIpc) is 2.66. The maximum absolute atomic E-state index is 12.4. The molecule has 0 fully saturated rings. The number of rotatable bonds is 6. The van der Waals surface area contributed by atoms with Crippen molar-refractivity contribution in [2.45, 2.75) is 38.8 Å². The van der Waals surface area contributed by atoms with Gasteiger partial charge in [0.15, 0.2) is 0 Å². The van der Waals surface area contributed by atoms with Crippen LogP contribution in [-0.4, -0.2) is 41.7 Å². The van der Waals surface area contributed by atoms with Crippen LogP contribution < -0.4 is 10.6 Å². The molecule has 31 heavy (non-hydrogen) atoms. The first-order valence-corrected chi connectivity index (χ1v) is 10.0. The third kappa shape index (κ3) is 7.73. The highest BCUT2D eigenvalue weighted by Crippen LogP contribution is 2.19. The van der Waals surface area contributed by atoms with E-state index in [-0.39, 0.29) is 22.3 Å². The quantitative estimate of drug-likeness (QED) is 0.485. The minimum Gasteiger partial charge on any atom is -0.467 e. The van der Waals surface area contributed by atoms with Gasteiger partial charge in [-0.1, -0.05) is 35.3 Å². The summed E-state index contributed by atoms with van der Waals surface area (Å²) in [6, 6.07) is 8.76. The van der Waals surface area contributed by atoms with Crippen molar-refractivity contribution in [2.75, 3.05) is 12.4 Å². The number of amides is 2. The smallest absolute Gasteiger partial charge is 0.408 e. The minimum absolute atomic E-state index is 0.00393. The first-order valence-electron chi connectivity index (χ1n) is 9.28. The lowest BCUT2D eigenvalue weighted by Crippen LogP contribution is -2.45. The number of pyridine rings is 1. The Hall–Kier alpha value is -2.84. The summed E-state index contributed by atoms with van der Waals surface area (Å²) < 4.78 is 9.96. The number of methoxy groups -OCH3 is 1. The molecule has 8 nitrogen and oxygen atoms in total. The Kier molecular flexibility index (Phi) is 8.24. The Balaban J connectivity index is 2.05. The van der Waals surface area contributed by atoms with E-state index in [1.165, 1.54) is 19.2 Å². The first-order chi connectivity index (χ1) is 14.5. The highest BCUT2D eigenvalue weighted by atomic mass is 35.5. The second-order valence-corrected chi connectivity index (χ2v) is 8.29. The van der Waals surface area contributed by atoms with Crippen LogP contribution in [0.2, 0.25) is 10.3 Å². The lowest BCUT2D eigenvalue weighted by atomic mass is 10.1. The van der Waals surface area contributed by atoms with Gasteiger partial charge in [-0.2, -0.15) is 0 Å². The van der Waals surface area contributed by atoms with E-state index in [1.54, 1.807) is 45.0 Å². The molecule has 0 saturated heterocycles. The Morgan fingerprint density at radius 1 is 1.06 bits per heavy atom. The van der Waals surface area contributed by atoms with E-state index in [9.17, 15) is 14.4 Å². The van der Waals surface area contributed by atoms with Crippen LogP contribution in [0.25, 0.3) is 0 Å². The fraction of sp³-hybridized carbons (Fsp3) is 0.333. The largest absolute Gasteiger partial charge is 0.467 e. The lowest BCUT2D eigenvalue weighted by Gasteiger charge is -2.22. The van der Waals surface area contributed by atoms with Crippen molar-refractivity contribution >= 4 is 46.9 Å². The minimum atomic E-state index is -0.931. The predicted octanol–water partition coefficient (Wildman–Crippen LogP) is 4.25. The number of aromatic nitrogens is 1. The van der Waals surface area contributed by atoms with Gasteiger partial charge >= 0.3 is 12.1 Å². The maximum atomic E-state index is 12.4. The second kappa shape index (κ2) is 10.5. The Bertz CT molecular complexity index is 958. The van der Waals surface area contributed by atoms with Crippen molar-refractivity contribution in [1.29, 1.82) is 0 Å². The summed E-state index contributed by atoms with van der Waals surface area (Å²) in [5.74, 6) is -1.05. The zero-order valence-electron chi connectivity index (χ0n) is 17.5. The number of hydrogen-bond donors (Lipinski definition) is 2. The summed E-state index contributed by atoms with van der Waals surface area (Å²) in [4.78, 5) is 40.3. The van der Waals surface area contributed by atoms with Crippen molar-refractivity contribution in [3.05, 3.63) is 57.8 Å². The number of ether oxygens (including phenoxy) is 2. The van der Waals surface area contributed by atoms with Gasteiger partial charge < -0.3 is 20.1 Å². The van der Waals surface area contributed by atoms with E-state index >= 15 is 0 Å². The van der Waals surface area contributed by atoms with Gasteiger partial charge in [0.05, 0.1) is 12.7 Å². The molecule has 0 aliphatic heterocycles. The van der Waals surface area contributed by atoms with Gasteiger partial charge in [-0.3, -0.25) is 4.79 Å². The zero-order valence-corrected chi connectivity index (χ0v) is 19.0. The van der Waals surface area contributed by atoms with Gasteiger partial charge in [-0.05, 0) is 50.6 Å². The molecule has 1 atom stereocenters. The van der Waals surface area contributed by atoms with Crippen LogP contribution in [0.4, 0.5) is 10.5 Å². The van der Waals surface area contributed by atoms with Crippen LogP contribution in [0, 0.1) is 0 Å². The number of carbonyl (C=O) groups is 3. The average molecular weight is 468 g/mol. The molecule has 0 unspecified atom stereocenters. The number of esters is 1. The highest BCUT2D eigenvalue weighted by molar-refractivity contribution is 6.35. The Labute approximate surface area is 190 Å². The lowest BCUT2D eigenvalue weighted by molar-refractivity contribution is -0.143. The van der Waals surface area contributed by atoms with Crippen LogP contribution in [0.5, 0.6) is 0 Å². The molecule has 0 aliphatic rings. The molecule has 0 spiro atoms. The van der Waals surface area contributed by atoms with E-state index in [0.29, 0.717) is 5.69 Å². The number of alkyl carbamates (subject to hydrolysis) is 1. The summed E-state index contributed by atoms with van der Waals surface area (Å²) in [7, 11) is 1.24. The maximum Gasteiger partial charge on any atom is 0.408 e. The first kappa shape index (κ1) is 24.4. The van der Waals surface area contributed by atoms with E-state index in [4.69, 9.17) is 32.7 Å². The van der Waals surface area contributed by atoms with E-state index in [1.807, 2.05) is 0 Å². The fourth-order valence-electron chi connectivity index (χ4n) is 2.53. The van der Waals surface area contributed by atoms with Crippen molar-refractivity contribution in [3.8, 4) is 0 Å². The standard InChI is InChI=1S/C21H23Cl2N3O5/c1-21(2,3)31-20(29)25-15(19(28)30-4)11-12-5-7-13(8-6-12)24-18(27)14-9-10-16(22)26-17(14)23/h5-10,15H,11H2,1-4H3,(H,24,27)(H,25,29)/t15-/m0/s1. The molecular formula is C21H23Cl2N3O5. The van der Waals surface area contributed by atoms with Gasteiger partial charge in [-0.15, -0.1) is 0 Å². The second-order valence-electron chi connectivity index (χ2n) is 7.55. The van der Waals surface area contributed by atoms with Gasteiger partial charge in [0.1, 0.15) is 21.9 Å². The molecule has 2 amide bonds. The van der Waals surface area contributed by atoms with Gasteiger partial charge in [0.2, 0.25) is 0 Å². The van der Waals surface area contributed by atoms with Crippen molar-refractivity contribution in [1.82, 2.24) is 10.3 Å². The SMILES string of the molecule is COC(=O)[C@H](Cc1ccc(NC(=O)c2ccc(Cl)nc2Cl)cc1)NC(=O)OC(C)(C)C. The van der Waals surface area contributed by atoms with E-state index in [0.717, 1.165) is 5.56 Å². The molecule has 1 heterocycles. The van der Waals surface area contributed by atoms with E-state index < -0.39 is 29.6 Å². The molecule has 2 N–H and O–H groups in total. The third-order valence-corrected chi connectivity index (χ3v) is 4.39. The molecule has 1 aromatic heterocycles. The number of anilines is 1. The number of nitrogens with one attached hydrogen (secondary N) is 2. The van der Waals surface area contributed by atoms with Crippen LogP contribution in [0.1, 0.15) is 36.7 Å². The summed E-state index contributed by atoms with van der Waals surface area (Å²) in [5.41, 5.74) is 0.722. The Morgan fingerprint density at radius 3 is 2.26 bits per heavy atom. The van der Waals surface area contributed by atoms with Gasteiger partial charge in [-0.25, -0.2) is 14.6 Å². The number of benzene rings is 1. The summed E-state index contributed by atoms with van der Waals surface area (Å²) in [5, 5.41) is 5.40. The number of carbonyl (C=O) groups excluding carboxylic acids is 3. The Morgan fingerprint density at radius 2 is 1.71 bits per heavy atom. The van der Waals surface area contributed by atoms with Crippen LogP contribution in [0.3, 0.4) is 0 Å². The molecule has 2 aromatic rings. The third-order valence-electron chi connectivity index (χ3n) is 3.89. The predicted molar refractivity (Wildman–Crippen MR) is 118 cm³/mol. The fourth-order valence-corrected chi connectivity index (χ4v) is 2.96. The van der Waals surface area contributed by atoms with Crippen molar-refractivity contribution in [3.63, 3.8) is 0 Å². The molecule has 0 radical (unpaired) electrons. The summed E-state index contributed by atoms with van der Waals surface area (Å²) in [6.45, 7) is 5.17. The molecular weight excluding hydrogens is 445 g/mol. The normalized spacial score (nSPS) is 11.9. The van der Waals surface area contributed by atoms with Crippen molar-refractivity contribution < 1.29 is 23.9 Å². The number of halogens is 2. The highest BCUT2D eigenvalue weighted by Gasteiger charge is 2.25. The number of hydrogen-bond acceptors (Lipinski definition) is 6. The van der Waals surface area contributed by atoms with Crippen molar-refractivity contribution in [2.24, 2.45) is 0 Å². The van der Waals surface area contributed by atoms with E-state index in [2.05, 4.69) is 15.6 Å². The molecule has 0 aliphatic carbocycles. The summed E-state index contributed by atoms with van der Waals surface area (Å²) >= 11 is 11.7. The molecule has 2 rings (SSSR count). The van der Waals surface area contributed by atoms with Crippen LogP contribution >= 0.6 is 23.2 Å².